The summed E-state index contributed by atoms with van der Waals surface area (Å²) in [4.78, 5) is 16.2. The number of aromatic nitrogens is 1. The van der Waals surface area contributed by atoms with Gasteiger partial charge < -0.3 is 14.5 Å². The second-order valence-corrected chi connectivity index (χ2v) is 4.80. The third-order valence-corrected chi connectivity index (χ3v) is 3.22. The van der Waals surface area contributed by atoms with Crippen molar-refractivity contribution in [3.8, 4) is 5.75 Å². The molecule has 1 N–H and O–H groups in total. The van der Waals surface area contributed by atoms with E-state index in [9.17, 15) is 4.79 Å². The first-order valence-electron chi connectivity index (χ1n) is 5.60. The van der Waals surface area contributed by atoms with E-state index >= 15 is 0 Å². The van der Waals surface area contributed by atoms with E-state index in [-0.39, 0.29) is 11.7 Å². The molecular formula is C13H13BrN2O3. The number of aryl methyl sites for hydroxylation is 2. The van der Waals surface area contributed by atoms with Crippen LogP contribution in [0.15, 0.2) is 27.1 Å². The van der Waals surface area contributed by atoms with Crippen LogP contribution >= 0.6 is 15.9 Å². The Morgan fingerprint density at radius 1 is 1.42 bits per heavy atom. The number of oxazole rings is 1. The van der Waals surface area contributed by atoms with Crippen molar-refractivity contribution in [2.45, 2.75) is 13.8 Å². The quantitative estimate of drug-likeness (QED) is 0.940. The molecule has 100 valence electrons. The second kappa shape index (κ2) is 5.44. The predicted octanol–water partition coefficient (Wildman–Crippen LogP) is 3.31. The normalized spacial score (nSPS) is 10.3. The lowest BCUT2D eigenvalue weighted by Gasteiger charge is -2.08. The van der Waals surface area contributed by atoms with E-state index < -0.39 is 0 Å². The number of rotatable bonds is 3. The summed E-state index contributed by atoms with van der Waals surface area (Å²) in [6, 6.07) is 5.32. The number of nitrogens with one attached hydrogen (secondary N) is 1. The lowest BCUT2D eigenvalue weighted by Crippen LogP contribution is -2.12. The van der Waals surface area contributed by atoms with Crippen LogP contribution in [0, 0.1) is 13.8 Å². The topological polar surface area (TPSA) is 64.4 Å². The molecule has 1 aromatic carbocycles. The van der Waals surface area contributed by atoms with Crippen molar-refractivity contribution in [2.24, 2.45) is 0 Å². The van der Waals surface area contributed by atoms with Gasteiger partial charge in [0.1, 0.15) is 5.75 Å². The molecule has 0 saturated heterocycles. The molecule has 19 heavy (non-hydrogen) atoms. The highest BCUT2D eigenvalue weighted by Crippen LogP contribution is 2.27. The summed E-state index contributed by atoms with van der Waals surface area (Å²) in [7, 11) is 1.57. The summed E-state index contributed by atoms with van der Waals surface area (Å²) < 4.78 is 11.2. The third-order valence-electron chi connectivity index (χ3n) is 2.53. The van der Waals surface area contributed by atoms with Gasteiger partial charge in [-0.25, -0.2) is 4.98 Å². The zero-order chi connectivity index (χ0) is 14.0. The van der Waals surface area contributed by atoms with Crippen LogP contribution in [0.4, 0.5) is 5.69 Å². The molecule has 2 rings (SSSR count). The number of hydrogen-bond acceptors (Lipinski definition) is 4. The Bertz CT molecular complexity index is 622. The molecule has 0 spiro atoms. The molecule has 0 atom stereocenters. The van der Waals surface area contributed by atoms with Crippen LogP contribution < -0.4 is 10.1 Å². The first-order chi connectivity index (χ1) is 9.01. The van der Waals surface area contributed by atoms with Crippen molar-refractivity contribution in [1.29, 1.82) is 0 Å². The number of carbonyl (C=O) groups is 1. The predicted molar refractivity (Wildman–Crippen MR) is 74.6 cm³/mol. The maximum atomic E-state index is 12.1. The summed E-state index contributed by atoms with van der Waals surface area (Å²) >= 11 is 3.37. The third kappa shape index (κ3) is 2.96. The van der Waals surface area contributed by atoms with E-state index in [4.69, 9.17) is 9.15 Å². The van der Waals surface area contributed by atoms with Gasteiger partial charge in [-0.15, -0.1) is 0 Å². The fraction of sp³-hybridized carbons (Fsp3) is 0.231. The number of anilines is 1. The minimum absolute atomic E-state index is 0.215. The molecule has 1 aromatic heterocycles. The Morgan fingerprint density at radius 3 is 2.74 bits per heavy atom. The van der Waals surface area contributed by atoms with E-state index in [1.165, 1.54) is 0 Å². The summed E-state index contributed by atoms with van der Waals surface area (Å²) in [5.74, 6) is 0.996. The van der Waals surface area contributed by atoms with E-state index in [0.717, 1.165) is 4.47 Å². The van der Waals surface area contributed by atoms with Crippen LogP contribution in [-0.2, 0) is 0 Å². The zero-order valence-corrected chi connectivity index (χ0v) is 12.4. The van der Waals surface area contributed by atoms with Crippen molar-refractivity contribution in [2.75, 3.05) is 12.4 Å². The van der Waals surface area contributed by atoms with Crippen molar-refractivity contribution in [3.05, 3.63) is 40.0 Å². The minimum atomic E-state index is -0.341. The smallest absolute Gasteiger partial charge is 0.293 e. The second-order valence-electron chi connectivity index (χ2n) is 3.95. The number of ether oxygens (including phenoxy) is 1. The van der Waals surface area contributed by atoms with E-state index in [1.807, 2.05) is 0 Å². The Kier molecular flexibility index (Phi) is 3.90. The van der Waals surface area contributed by atoms with Crippen molar-refractivity contribution in [1.82, 2.24) is 4.98 Å². The number of amides is 1. The van der Waals surface area contributed by atoms with Gasteiger partial charge in [0.15, 0.2) is 5.89 Å². The fourth-order valence-electron chi connectivity index (χ4n) is 1.65. The number of hydrogen-bond donors (Lipinski definition) is 1. The molecule has 2 aromatic rings. The lowest BCUT2D eigenvalue weighted by molar-refractivity contribution is 0.0994. The van der Waals surface area contributed by atoms with Crippen molar-refractivity contribution in [3.63, 3.8) is 0 Å². The molecule has 1 amide bonds. The van der Waals surface area contributed by atoms with E-state index in [2.05, 4.69) is 26.2 Å². The molecular weight excluding hydrogens is 312 g/mol. The molecule has 0 unspecified atom stereocenters. The van der Waals surface area contributed by atoms with Crippen molar-refractivity contribution < 1.29 is 13.9 Å². The number of methoxy groups -OCH3 is 1. The van der Waals surface area contributed by atoms with Gasteiger partial charge in [-0.05, 0) is 35.0 Å². The maximum absolute atomic E-state index is 12.1. The number of nitrogens with zero attached hydrogens (tertiary/aromatic N) is 1. The molecule has 0 aliphatic heterocycles. The van der Waals surface area contributed by atoms with Crippen LogP contribution in [0.5, 0.6) is 5.75 Å². The van der Waals surface area contributed by atoms with Gasteiger partial charge in [0, 0.05) is 17.5 Å². The van der Waals surface area contributed by atoms with Gasteiger partial charge in [0.05, 0.1) is 18.5 Å². The average molecular weight is 325 g/mol. The van der Waals surface area contributed by atoms with Gasteiger partial charge in [-0.1, -0.05) is 0 Å². The molecule has 5 nitrogen and oxygen atoms in total. The summed E-state index contributed by atoms with van der Waals surface area (Å²) in [5.41, 5.74) is 1.17. The SMILES string of the molecule is COc1ccc(Br)c(NC(=O)c2oc(C)nc2C)c1. The zero-order valence-electron chi connectivity index (χ0n) is 10.8. The molecule has 0 saturated carbocycles. The number of halogens is 1. The summed E-state index contributed by atoms with van der Waals surface area (Å²) in [5, 5.41) is 2.76. The Labute approximate surface area is 119 Å². The first kappa shape index (κ1) is 13.6. The molecule has 0 fully saturated rings. The molecule has 0 aliphatic carbocycles. The highest BCUT2D eigenvalue weighted by Gasteiger charge is 2.17. The van der Waals surface area contributed by atoms with E-state index in [0.29, 0.717) is 23.0 Å². The fourth-order valence-corrected chi connectivity index (χ4v) is 1.99. The van der Waals surface area contributed by atoms with Crippen LogP contribution in [0.2, 0.25) is 0 Å². The standard InChI is InChI=1S/C13H13BrN2O3/c1-7-12(19-8(2)15-7)13(17)16-11-6-9(18-3)4-5-10(11)14/h4-6H,1-3H3,(H,16,17). The highest BCUT2D eigenvalue weighted by molar-refractivity contribution is 9.10. The maximum Gasteiger partial charge on any atom is 0.293 e. The monoisotopic (exact) mass is 324 g/mol. The van der Waals surface area contributed by atoms with Gasteiger partial charge in [-0.2, -0.15) is 0 Å². The van der Waals surface area contributed by atoms with Gasteiger partial charge in [0.25, 0.3) is 5.91 Å². The Balaban J connectivity index is 2.26. The average Bonchev–Trinajstić information content (AvgIpc) is 2.71. The lowest BCUT2D eigenvalue weighted by atomic mass is 10.3. The highest BCUT2D eigenvalue weighted by atomic mass is 79.9. The van der Waals surface area contributed by atoms with Crippen LogP contribution in [0.25, 0.3) is 0 Å². The molecule has 6 heteroatoms. The number of carbonyl (C=O) groups excluding carboxylic acids is 1. The summed E-state index contributed by atoms with van der Waals surface area (Å²) in [6.07, 6.45) is 0. The Hall–Kier alpha value is -1.82. The minimum Gasteiger partial charge on any atom is -0.497 e. The van der Waals surface area contributed by atoms with Gasteiger partial charge >= 0.3 is 0 Å². The first-order valence-corrected chi connectivity index (χ1v) is 6.39. The summed E-state index contributed by atoms with van der Waals surface area (Å²) in [6.45, 7) is 3.43. The van der Waals surface area contributed by atoms with Gasteiger partial charge in [0.2, 0.25) is 5.76 Å². The van der Waals surface area contributed by atoms with E-state index in [1.54, 1.807) is 39.2 Å². The molecule has 1 heterocycles. The van der Waals surface area contributed by atoms with Crippen molar-refractivity contribution >= 4 is 27.5 Å². The molecule has 0 bridgehead atoms. The molecule has 0 radical (unpaired) electrons. The largest absolute Gasteiger partial charge is 0.497 e. The number of benzene rings is 1. The Morgan fingerprint density at radius 2 is 2.16 bits per heavy atom. The van der Waals surface area contributed by atoms with Crippen LogP contribution in [-0.4, -0.2) is 18.0 Å². The molecule has 0 aliphatic rings. The van der Waals surface area contributed by atoms with Crippen LogP contribution in [0.3, 0.4) is 0 Å². The van der Waals surface area contributed by atoms with Crippen LogP contribution in [0.1, 0.15) is 22.1 Å². The van der Waals surface area contributed by atoms with Gasteiger partial charge in [-0.3, -0.25) is 4.79 Å².